The van der Waals surface area contributed by atoms with Crippen molar-refractivity contribution in [2.75, 3.05) is 18.6 Å². The lowest BCUT2D eigenvalue weighted by Crippen LogP contribution is -2.14. The molecule has 0 radical (unpaired) electrons. The monoisotopic (exact) mass is 409 g/mol. The number of methoxy groups -OCH3 is 1. The third-order valence-electron chi connectivity index (χ3n) is 4.78. The Morgan fingerprint density at radius 3 is 2.82 bits per heavy atom. The Hall–Kier alpha value is -2.90. The summed E-state index contributed by atoms with van der Waals surface area (Å²) in [5.41, 5.74) is 3.98. The fourth-order valence-electron chi connectivity index (χ4n) is 3.48. The highest BCUT2D eigenvalue weighted by molar-refractivity contribution is 7.13. The highest BCUT2D eigenvalue weighted by Gasteiger charge is 2.27. The molecule has 0 saturated heterocycles. The van der Waals surface area contributed by atoms with E-state index >= 15 is 0 Å². The number of fused-ring (bicyclic) bond motifs is 1. The second kappa shape index (κ2) is 6.92. The second-order valence-electron chi connectivity index (χ2n) is 6.33. The summed E-state index contributed by atoms with van der Waals surface area (Å²) >= 11 is 8.08. The normalized spacial score (nSPS) is 13.0. The zero-order valence-electron chi connectivity index (χ0n) is 15.0. The van der Waals surface area contributed by atoms with Crippen LogP contribution in [0.4, 0.5) is 11.5 Å². The molecule has 0 bridgehead atoms. The van der Waals surface area contributed by atoms with Crippen LogP contribution in [0.15, 0.2) is 54.3 Å². The lowest BCUT2D eigenvalue weighted by atomic mass is 10.2. The number of rotatable bonds is 4. The van der Waals surface area contributed by atoms with Crippen LogP contribution in [-0.4, -0.2) is 33.4 Å². The summed E-state index contributed by atoms with van der Waals surface area (Å²) in [4.78, 5) is 11.1. The van der Waals surface area contributed by atoms with E-state index in [2.05, 4.69) is 14.9 Å². The van der Waals surface area contributed by atoms with Crippen LogP contribution in [0, 0.1) is 0 Å². The van der Waals surface area contributed by atoms with Crippen LogP contribution in [0.5, 0.6) is 5.75 Å². The Morgan fingerprint density at radius 1 is 1.11 bits per heavy atom. The van der Waals surface area contributed by atoms with Gasteiger partial charge in [-0.1, -0.05) is 11.6 Å². The number of ether oxygens (including phenoxy) is 1. The average Bonchev–Trinajstić information content (AvgIpc) is 3.46. The van der Waals surface area contributed by atoms with Crippen molar-refractivity contribution in [3.63, 3.8) is 0 Å². The van der Waals surface area contributed by atoms with E-state index in [0.29, 0.717) is 5.02 Å². The SMILES string of the molecule is COc1ccc(N2CCc3c(-n4ccc(-c5nccs5)n4)ccnc32)c(Cl)c1. The fourth-order valence-corrected chi connectivity index (χ4v) is 4.35. The van der Waals surface area contributed by atoms with Gasteiger partial charge in [-0.3, -0.25) is 0 Å². The Bertz CT molecular complexity index is 1140. The number of aromatic nitrogens is 4. The summed E-state index contributed by atoms with van der Waals surface area (Å²) in [6.07, 6.45) is 6.44. The lowest BCUT2D eigenvalue weighted by Gasteiger charge is -2.20. The number of pyridine rings is 1. The van der Waals surface area contributed by atoms with Gasteiger partial charge in [-0.2, -0.15) is 5.10 Å². The maximum absolute atomic E-state index is 6.50. The van der Waals surface area contributed by atoms with Crippen molar-refractivity contribution in [1.82, 2.24) is 19.7 Å². The van der Waals surface area contributed by atoms with E-state index in [1.165, 1.54) is 0 Å². The van der Waals surface area contributed by atoms with Gasteiger partial charge in [0.1, 0.15) is 22.3 Å². The van der Waals surface area contributed by atoms with E-state index in [0.717, 1.165) is 52.2 Å². The van der Waals surface area contributed by atoms with E-state index in [9.17, 15) is 0 Å². The number of nitrogens with zero attached hydrogens (tertiary/aromatic N) is 5. The first-order valence-corrected chi connectivity index (χ1v) is 10.1. The smallest absolute Gasteiger partial charge is 0.143 e. The van der Waals surface area contributed by atoms with E-state index in [-0.39, 0.29) is 0 Å². The minimum atomic E-state index is 0.643. The van der Waals surface area contributed by atoms with Crippen molar-refractivity contribution in [2.24, 2.45) is 0 Å². The van der Waals surface area contributed by atoms with E-state index in [4.69, 9.17) is 21.4 Å². The van der Waals surface area contributed by atoms with Gasteiger partial charge in [0.15, 0.2) is 0 Å². The van der Waals surface area contributed by atoms with Gasteiger partial charge in [-0.25, -0.2) is 14.6 Å². The van der Waals surface area contributed by atoms with Gasteiger partial charge >= 0.3 is 0 Å². The predicted molar refractivity (Wildman–Crippen MR) is 111 cm³/mol. The van der Waals surface area contributed by atoms with Gasteiger partial charge in [-0.15, -0.1) is 11.3 Å². The van der Waals surface area contributed by atoms with Crippen molar-refractivity contribution < 1.29 is 4.74 Å². The van der Waals surface area contributed by atoms with Crippen molar-refractivity contribution in [1.29, 1.82) is 0 Å². The number of benzene rings is 1. The molecule has 0 atom stereocenters. The van der Waals surface area contributed by atoms with Crippen LogP contribution in [0.3, 0.4) is 0 Å². The number of thiazole rings is 1. The Labute approximate surface area is 171 Å². The van der Waals surface area contributed by atoms with E-state index < -0.39 is 0 Å². The predicted octanol–water partition coefficient (Wildman–Crippen LogP) is 4.75. The summed E-state index contributed by atoms with van der Waals surface area (Å²) in [5, 5.41) is 8.22. The molecule has 1 aliphatic heterocycles. The molecule has 140 valence electrons. The Balaban J connectivity index is 1.53. The molecule has 0 unspecified atom stereocenters. The first-order valence-electron chi connectivity index (χ1n) is 8.79. The molecule has 0 fully saturated rings. The second-order valence-corrected chi connectivity index (χ2v) is 7.64. The van der Waals surface area contributed by atoms with Crippen LogP contribution in [0.25, 0.3) is 16.4 Å². The van der Waals surface area contributed by atoms with Crippen LogP contribution < -0.4 is 9.64 Å². The fraction of sp³-hybridized carbons (Fsp3) is 0.150. The van der Waals surface area contributed by atoms with Crippen molar-refractivity contribution >= 4 is 34.4 Å². The molecule has 1 aromatic carbocycles. The maximum Gasteiger partial charge on any atom is 0.143 e. The molecular formula is C20H16ClN5OS. The summed E-state index contributed by atoms with van der Waals surface area (Å²) in [6.45, 7) is 0.812. The molecule has 0 saturated carbocycles. The highest BCUT2D eigenvalue weighted by Crippen LogP contribution is 2.40. The van der Waals surface area contributed by atoms with Gasteiger partial charge in [0, 0.05) is 42.1 Å². The first kappa shape index (κ1) is 17.2. The van der Waals surface area contributed by atoms with Gasteiger partial charge in [0.25, 0.3) is 0 Å². The number of anilines is 2. The Morgan fingerprint density at radius 2 is 2.04 bits per heavy atom. The molecular weight excluding hydrogens is 394 g/mol. The minimum absolute atomic E-state index is 0.643. The molecule has 0 aliphatic carbocycles. The standard InChI is InChI=1S/C20H16ClN5OS/c1-27-13-2-3-18(15(21)12-13)25-9-5-14-17(4-7-22-19(14)25)26-10-6-16(24-26)20-23-8-11-28-20/h2-4,6-8,10-12H,5,9H2,1H3. The van der Waals surface area contributed by atoms with Gasteiger partial charge < -0.3 is 9.64 Å². The topological polar surface area (TPSA) is 56.1 Å². The van der Waals surface area contributed by atoms with Crippen molar-refractivity contribution in [3.05, 3.63) is 64.9 Å². The maximum atomic E-state index is 6.50. The quantitative estimate of drug-likeness (QED) is 0.487. The lowest BCUT2D eigenvalue weighted by molar-refractivity contribution is 0.415. The molecule has 3 aromatic heterocycles. The third kappa shape index (κ3) is 2.83. The summed E-state index contributed by atoms with van der Waals surface area (Å²) in [6, 6.07) is 9.69. The van der Waals surface area contributed by atoms with Crippen LogP contribution >= 0.6 is 22.9 Å². The zero-order chi connectivity index (χ0) is 19.1. The molecule has 4 aromatic rings. The minimum Gasteiger partial charge on any atom is -0.497 e. The molecule has 0 N–H and O–H groups in total. The first-order chi connectivity index (χ1) is 13.7. The van der Waals surface area contributed by atoms with E-state index in [1.807, 2.05) is 52.8 Å². The van der Waals surface area contributed by atoms with Crippen LogP contribution in [-0.2, 0) is 6.42 Å². The van der Waals surface area contributed by atoms with Gasteiger partial charge in [0.2, 0.25) is 0 Å². The number of halogens is 1. The molecule has 1 aliphatic rings. The van der Waals surface area contributed by atoms with Crippen LogP contribution in [0.2, 0.25) is 5.02 Å². The average molecular weight is 410 g/mol. The molecule has 0 amide bonds. The van der Waals surface area contributed by atoms with Crippen molar-refractivity contribution in [2.45, 2.75) is 6.42 Å². The number of hydrogen-bond acceptors (Lipinski definition) is 6. The summed E-state index contributed by atoms with van der Waals surface area (Å²) in [5.74, 6) is 1.65. The third-order valence-corrected chi connectivity index (χ3v) is 5.88. The van der Waals surface area contributed by atoms with Crippen LogP contribution in [0.1, 0.15) is 5.56 Å². The summed E-state index contributed by atoms with van der Waals surface area (Å²) in [7, 11) is 1.63. The zero-order valence-corrected chi connectivity index (χ0v) is 16.6. The van der Waals surface area contributed by atoms with Gasteiger partial charge in [0.05, 0.1) is 23.5 Å². The molecule has 4 heterocycles. The molecule has 0 spiro atoms. The largest absolute Gasteiger partial charge is 0.497 e. The van der Waals surface area contributed by atoms with Gasteiger partial charge in [-0.05, 0) is 30.7 Å². The Kier molecular flexibility index (Phi) is 4.26. The number of hydrogen-bond donors (Lipinski definition) is 0. The van der Waals surface area contributed by atoms with Crippen molar-refractivity contribution in [3.8, 4) is 22.1 Å². The molecule has 8 heteroatoms. The molecule has 28 heavy (non-hydrogen) atoms. The summed E-state index contributed by atoms with van der Waals surface area (Å²) < 4.78 is 7.16. The van der Waals surface area contributed by atoms with E-state index in [1.54, 1.807) is 24.6 Å². The highest BCUT2D eigenvalue weighted by atomic mass is 35.5. The molecule has 6 nitrogen and oxygen atoms in total. The molecule has 5 rings (SSSR count).